The normalized spacial score (nSPS) is 10.6. The van der Waals surface area contributed by atoms with Gasteiger partial charge in [0.15, 0.2) is 0 Å². The van der Waals surface area contributed by atoms with Crippen LogP contribution in [-0.4, -0.2) is 19.7 Å². The van der Waals surface area contributed by atoms with Crippen molar-refractivity contribution in [3.05, 3.63) is 28.7 Å². The number of unbranched alkanes of at least 4 members (excludes halogenated alkanes) is 3. The lowest BCUT2D eigenvalue weighted by Gasteiger charge is -2.06. The summed E-state index contributed by atoms with van der Waals surface area (Å²) in [6, 6.07) is 8.01. The summed E-state index contributed by atoms with van der Waals surface area (Å²) in [4.78, 5) is 0. The first-order valence-electron chi connectivity index (χ1n) is 6.92. The molecule has 1 aromatic rings. The summed E-state index contributed by atoms with van der Waals surface area (Å²) in [6.45, 7) is 5.34. The van der Waals surface area contributed by atoms with Gasteiger partial charge in [-0.25, -0.2) is 0 Å². The molecule has 3 heteroatoms. The van der Waals surface area contributed by atoms with Crippen LogP contribution in [0, 0.1) is 0 Å². The van der Waals surface area contributed by atoms with Crippen LogP contribution in [0.1, 0.15) is 39.0 Å². The molecule has 0 saturated carbocycles. The molecule has 0 unspecified atom stereocenters. The third-order valence-corrected chi connectivity index (χ3v) is 3.32. The van der Waals surface area contributed by atoms with Gasteiger partial charge in [-0.05, 0) is 63.0 Å². The van der Waals surface area contributed by atoms with Crippen molar-refractivity contribution in [3.8, 4) is 5.75 Å². The third kappa shape index (κ3) is 7.72. The van der Waals surface area contributed by atoms with Gasteiger partial charge in [0.25, 0.3) is 0 Å². The molecule has 0 bridgehead atoms. The van der Waals surface area contributed by atoms with Gasteiger partial charge in [-0.2, -0.15) is 0 Å². The Morgan fingerprint density at radius 3 is 2.44 bits per heavy atom. The number of benzene rings is 1. The van der Waals surface area contributed by atoms with Crippen LogP contribution in [-0.2, 0) is 0 Å². The van der Waals surface area contributed by atoms with E-state index in [4.69, 9.17) is 4.74 Å². The molecule has 0 spiro atoms. The van der Waals surface area contributed by atoms with Crippen molar-refractivity contribution in [1.29, 1.82) is 0 Å². The Morgan fingerprint density at radius 2 is 1.72 bits per heavy atom. The molecule has 0 aromatic heterocycles. The Kier molecular flexibility index (Phi) is 8.96. The van der Waals surface area contributed by atoms with E-state index in [0.717, 1.165) is 36.3 Å². The summed E-state index contributed by atoms with van der Waals surface area (Å²) in [5.74, 6) is 0.958. The van der Waals surface area contributed by atoms with Crippen LogP contribution >= 0.6 is 15.9 Å². The minimum absolute atomic E-state index is 0.816. The van der Waals surface area contributed by atoms with Crippen molar-refractivity contribution in [3.63, 3.8) is 0 Å². The Morgan fingerprint density at radius 1 is 1.00 bits per heavy atom. The van der Waals surface area contributed by atoms with E-state index in [1.165, 1.54) is 25.7 Å². The molecule has 2 nitrogen and oxygen atoms in total. The van der Waals surface area contributed by atoms with Gasteiger partial charge >= 0.3 is 0 Å². The summed E-state index contributed by atoms with van der Waals surface area (Å²) in [6.07, 6.45) is 6.16. The van der Waals surface area contributed by atoms with E-state index in [1.807, 2.05) is 24.3 Å². The zero-order chi connectivity index (χ0) is 13.1. The second kappa shape index (κ2) is 10.4. The van der Waals surface area contributed by atoms with E-state index >= 15 is 0 Å². The van der Waals surface area contributed by atoms with Crippen LogP contribution in [0.4, 0.5) is 0 Å². The molecule has 0 aliphatic heterocycles. The minimum Gasteiger partial charge on any atom is -0.494 e. The number of hydrogen-bond donors (Lipinski definition) is 1. The van der Waals surface area contributed by atoms with Crippen molar-refractivity contribution in [1.82, 2.24) is 5.32 Å². The molecule has 1 N–H and O–H groups in total. The second-order valence-electron chi connectivity index (χ2n) is 4.47. The van der Waals surface area contributed by atoms with E-state index < -0.39 is 0 Å². The highest BCUT2D eigenvalue weighted by Crippen LogP contribution is 2.16. The Hall–Kier alpha value is -0.540. The average molecular weight is 314 g/mol. The highest BCUT2D eigenvalue weighted by atomic mass is 79.9. The van der Waals surface area contributed by atoms with Crippen molar-refractivity contribution in [2.75, 3.05) is 19.7 Å². The third-order valence-electron chi connectivity index (χ3n) is 2.79. The average Bonchev–Trinajstić information content (AvgIpc) is 2.39. The standard InChI is InChI=1S/C15H24BrNO/c1-2-3-11-17-12-5-4-6-13-18-15-9-7-14(16)8-10-15/h7-10,17H,2-6,11-13H2,1H3. The van der Waals surface area contributed by atoms with Crippen LogP contribution in [0.2, 0.25) is 0 Å². The maximum absolute atomic E-state index is 5.66. The molecule has 0 saturated heterocycles. The minimum atomic E-state index is 0.816. The maximum atomic E-state index is 5.66. The van der Waals surface area contributed by atoms with Crippen molar-refractivity contribution in [2.45, 2.75) is 39.0 Å². The first-order chi connectivity index (χ1) is 8.83. The monoisotopic (exact) mass is 313 g/mol. The van der Waals surface area contributed by atoms with Gasteiger partial charge in [-0.3, -0.25) is 0 Å². The lowest BCUT2D eigenvalue weighted by atomic mass is 10.2. The molecular weight excluding hydrogens is 290 g/mol. The topological polar surface area (TPSA) is 21.3 Å². The van der Waals surface area contributed by atoms with Gasteiger partial charge in [0, 0.05) is 4.47 Å². The summed E-state index contributed by atoms with van der Waals surface area (Å²) >= 11 is 3.41. The van der Waals surface area contributed by atoms with Gasteiger partial charge in [-0.1, -0.05) is 29.3 Å². The Bertz CT molecular complexity index is 300. The van der Waals surface area contributed by atoms with Crippen molar-refractivity contribution >= 4 is 15.9 Å². The first-order valence-corrected chi connectivity index (χ1v) is 7.71. The highest BCUT2D eigenvalue weighted by molar-refractivity contribution is 9.10. The first kappa shape index (κ1) is 15.5. The fraction of sp³-hybridized carbons (Fsp3) is 0.600. The number of halogens is 1. The number of nitrogens with one attached hydrogen (secondary N) is 1. The van der Waals surface area contributed by atoms with Crippen LogP contribution in [0.5, 0.6) is 5.75 Å². The molecule has 0 aliphatic carbocycles. The van der Waals surface area contributed by atoms with Gasteiger partial charge < -0.3 is 10.1 Å². The van der Waals surface area contributed by atoms with Gasteiger partial charge in [0.05, 0.1) is 6.61 Å². The lowest BCUT2D eigenvalue weighted by Crippen LogP contribution is -2.16. The van der Waals surface area contributed by atoms with E-state index in [0.29, 0.717) is 0 Å². The Labute approximate surface area is 119 Å². The molecular formula is C15H24BrNO. The van der Waals surface area contributed by atoms with Crippen LogP contribution in [0.3, 0.4) is 0 Å². The molecule has 1 aromatic carbocycles. The lowest BCUT2D eigenvalue weighted by molar-refractivity contribution is 0.305. The zero-order valence-electron chi connectivity index (χ0n) is 11.3. The van der Waals surface area contributed by atoms with Crippen molar-refractivity contribution in [2.24, 2.45) is 0 Å². The quantitative estimate of drug-likeness (QED) is 0.647. The molecule has 0 radical (unpaired) electrons. The summed E-state index contributed by atoms with van der Waals surface area (Å²) < 4.78 is 6.76. The summed E-state index contributed by atoms with van der Waals surface area (Å²) in [5.41, 5.74) is 0. The van der Waals surface area contributed by atoms with Crippen molar-refractivity contribution < 1.29 is 4.74 Å². The predicted octanol–water partition coefficient (Wildman–Crippen LogP) is 4.39. The van der Waals surface area contributed by atoms with Gasteiger partial charge in [-0.15, -0.1) is 0 Å². The molecule has 0 amide bonds. The molecule has 1 rings (SSSR count). The van der Waals surface area contributed by atoms with Crippen LogP contribution < -0.4 is 10.1 Å². The molecule has 0 aliphatic rings. The second-order valence-corrected chi connectivity index (χ2v) is 5.38. The summed E-state index contributed by atoms with van der Waals surface area (Å²) in [5, 5.41) is 3.46. The molecule has 0 heterocycles. The van der Waals surface area contributed by atoms with Crippen LogP contribution in [0.25, 0.3) is 0 Å². The SMILES string of the molecule is CCCCNCCCCCOc1ccc(Br)cc1. The zero-order valence-corrected chi connectivity index (χ0v) is 12.8. The smallest absolute Gasteiger partial charge is 0.119 e. The van der Waals surface area contributed by atoms with Crippen LogP contribution in [0.15, 0.2) is 28.7 Å². The fourth-order valence-corrected chi connectivity index (χ4v) is 1.94. The van der Waals surface area contributed by atoms with E-state index in [-0.39, 0.29) is 0 Å². The largest absolute Gasteiger partial charge is 0.494 e. The molecule has 18 heavy (non-hydrogen) atoms. The maximum Gasteiger partial charge on any atom is 0.119 e. The number of ether oxygens (including phenoxy) is 1. The highest BCUT2D eigenvalue weighted by Gasteiger charge is 1.94. The summed E-state index contributed by atoms with van der Waals surface area (Å²) in [7, 11) is 0. The predicted molar refractivity (Wildman–Crippen MR) is 81.3 cm³/mol. The number of rotatable bonds is 10. The Balaban J connectivity index is 1.91. The van der Waals surface area contributed by atoms with Gasteiger partial charge in [0.1, 0.15) is 5.75 Å². The van der Waals surface area contributed by atoms with Gasteiger partial charge in [0.2, 0.25) is 0 Å². The molecule has 0 fully saturated rings. The van der Waals surface area contributed by atoms with E-state index in [1.54, 1.807) is 0 Å². The van der Waals surface area contributed by atoms with E-state index in [9.17, 15) is 0 Å². The molecule has 102 valence electrons. The fourth-order valence-electron chi connectivity index (χ4n) is 1.68. The van der Waals surface area contributed by atoms with E-state index in [2.05, 4.69) is 28.2 Å². The number of hydrogen-bond acceptors (Lipinski definition) is 2. The molecule has 0 atom stereocenters.